The first kappa shape index (κ1) is 13.6. The van der Waals surface area contributed by atoms with Crippen LogP contribution in [0.15, 0.2) is 33.6 Å². The van der Waals surface area contributed by atoms with E-state index in [1.54, 1.807) is 23.1 Å². The molecule has 0 aliphatic rings. The van der Waals surface area contributed by atoms with E-state index in [4.69, 9.17) is 5.73 Å². The molecule has 4 nitrogen and oxygen atoms in total. The van der Waals surface area contributed by atoms with Crippen LogP contribution in [0.5, 0.6) is 0 Å². The molecule has 0 radical (unpaired) electrons. The van der Waals surface area contributed by atoms with Crippen molar-refractivity contribution in [3.8, 4) is 0 Å². The van der Waals surface area contributed by atoms with Gasteiger partial charge in [-0.25, -0.2) is 4.98 Å². The molecule has 2 aromatic heterocycles. The average Bonchev–Trinajstić information content (AvgIpc) is 2.94. The minimum Gasteiger partial charge on any atom is -0.330 e. The number of fused-ring (bicyclic) bond motifs is 1. The van der Waals surface area contributed by atoms with Crippen LogP contribution >= 0.6 is 23.1 Å². The van der Waals surface area contributed by atoms with Crippen LogP contribution in [-0.2, 0) is 13.5 Å². The van der Waals surface area contributed by atoms with E-state index in [1.165, 1.54) is 10.3 Å². The lowest BCUT2D eigenvalue weighted by Gasteiger charge is -2.02. The Balaban J connectivity index is 1.98. The highest BCUT2D eigenvalue weighted by Gasteiger charge is 2.15. The highest BCUT2D eigenvalue weighted by Crippen LogP contribution is 2.36. The minimum absolute atomic E-state index is 0.639. The molecule has 0 amide bonds. The first-order valence-corrected chi connectivity index (χ1v) is 8.08. The molecule has 20 heavy (non-hydrogen) atoms. The van der Waals surface area contributed by atoms with Gasteiger partial charge in [0, 0.05) is 12.6 Å². The molecule has 0 fully saturated rings. The summed E-state index contributed by atoms with van der Waals surface area (Å²) in [4.78, 5) is 4.67. The maximum atomic E-state index is 5.70. The Morgan fingerprint density at radius 2 is 2.15 bits per heavy atom. The molecule has 0 aliphatic heterocycles. The second-order valence-corrected chi connectivity index (χ2v) is 6.85. The zero-order chi connectivity index (χ0) is 14.1. The topological polar surface area (TPSA) is 56.7 Å². The fourth-order valence-corrected chi connectivity index (χ4v) is 4.44. The van der Waals surface area contributed by atoms with Crippen LogP contribution in [0.1, 0.15) is 11.3 Å². The molecule has 3 rings (SSSR count). The van der Waals surface area contributed by atoms with Crippen molar-refractivity contribution in [2.24, 2.45) is 12.8 Å². The lowest BCUT2D eigenvalue weighted by atomic mass is 10.2. The summed E-state index contributed by atoms with van der Waals surface area (Å²) in [5, 5.41) is 5.64. The van der Waals surface area contributed by atoms with Crippen LogP contribution in [0.2, 0.25) is 0 Å². The van der Waals surface area contributed by atoms with Gasteiger partial charge in [0.1, 0.15) is 5.03 Å². The number of benzene rings is 1. The third-order valence-corrected chi connectivity index (χ3v) is 5.44. The highest BCUT2D eigenvalue weighted by atomic mass is 32.2. The molecule has 0 saturated carbocycles. The normalized spacial score (nSPS) is 11.3. The van der Waals surface area contributed by atoms with E-state index in [0.29, 0.717) is 6.54 Å². The number of rotatable bonds is 4. The standard InChI is InChI=1S/C14H16N4S2/c1-9-10(7-8-15)13(18(2)17-9)20-14-16-11-5-3-4-6-12(11)19-14/h3-6H,7-8,15H2,1-2H3. The van der Waals surface area contributed by atoms with Crippen LogP contribution in [-0.4, -0.2) is 21.3 Å². The van der Waals surface area contributed by atoms with Gasteiger partial charge in [0.25, 0.3) is 0 Å². The van der Waals surface area contributed by atoms with E-state index < -0.39 is 0 Å². The number of nitrogens with zero attached hydrogens (tertiary/aromatic N) is 3. The Morgan fingerprint density at radius 1 is 1.35 bits per heavy atom. The molecule has 6 heteroatoms. The third kappa shape index (κ3) is 2.46. The van der Waals surface area contributed by atoms with Gasteiger partial charge < -0.3 is 5.73 Å². The number of nitrogens with two attached hydrogens (primary N) is 1. The van der Waals surface area contributed by atoms with E-state index in [-0.39, 0.29) is 0 Å². The highest BCUT2D eigenvalue weighted by molar-refractivity contribution is 8.01. The zero-order valence-corrected chi connectivity index (χ0v) is 13.1. The number of para-hydroxylation sites is 1. The summed E-state index contributed by atoms with van der Waals surface area (Å²) in [5.74, 6) is 0. The van der Waals surface area contributed by atoms with Gasteiger partial charge in [-0.1, -0.05) is 12.1 Å². The Kier molecular flexibility index (Phi) is 3.78. The third-order valence-electron chi connectivity index (χ3n) is 3.14. The molecular formula is C14H16N4S2. The molecular weight excluding hydrogens is 288 g/mol. The smallest absolute Gasteiger partial charge is 0.157 e. The number of hydrogen-bond acceptors (Lipinski definition) is 5. The van der Waals surface area contributed by atoms with E-state index >= 15 is 0 Å². The van der Waals surface area contributed by atoms with Gasteiger partial charge in [0.05, 0.1) is 15.9 Å². The molecule has 104 valence electrons. The molecule has 2 N–H and O–H groups in total. The Labute approximate surface area is 126 Å². The molecule has 0 atom stereocenters. The zero-order valence-electron chi connectivity index (χ0n) is 11.5. The fraction of sp³-hybridized carbons (Fsp3) is 0.286. The number of aromatic nitrogens is 3. The average molecular weight is 304 g/mol. The predicted octanol–water partition coefficient (Wildman–Crippen LogP) is 2.99. The molecule has 2 heterocycles. The molecule has 0 aliphatic carbocycles. The molecule has 0 saturated heterocycles. The van der Waals surface area contributed by atoms with E-state index in [0.717, 1.165) is 27.0 Å². The van der Waals surface area contributed by atoms with Crippen LogP contribution in [0.4, 0.5) is 0 Å². The van der Waals surface area contributed by atoms with Crippen molar-refractivity contribution in [2.75, 3.05) is 6.54 Å². The van der Waals surface area contributed by atoms with Crippen molar-refractivity contribution in [1.82, 2.24) is 14.8 Å². The van der Waals surface area contributed by atoms with E-state index in [2.05, 4.69) is 16.1 Å². The fourth-order valence-electron chi connectivity index (χ4n) is 2.22. The molecule has 0 spiro atoms. The number of thiazole rings is 1. The first-order valence-electron chi connectivity index (χ1n) is 6.45. The minimum atomic E-state index is 0.639. The summed E-state index contributed by atoms with van der Waals surface area (Å²) in [6, 6.07) is 8.21. The van der Waals surface area contributed by atoms with Crippen LogP contribution < -0.4 is 5.73 Å². The molecule has 0 unspecified atom stereocenters. The van der Waals surface area contributed by atoms with Crippen molar-refractivity contribution in [3.63, 3.8) is 0 Å². The Morgan fingerprint density at radius 3 is 2.90 bits per heavy atom. The first-order chi connectivity index (χ1) is 9.69. The predicted molar refractivity (Wildman–Crippen MR) is 84.4 cm³/mol. The van der Waals surface area contributed by atoms with E-state index in [9.17, 15) is 0 Å². The summed E-state index contributed by atoms with van der Waals surface area (Å²) in [6.45, 7) is 2.67. The monoisotopic (exact) mass is 304 g/mol. The van der Waals surface area contributed by atoms with Crippen molar-refractivity contribution in [3.05, 3.63) is 35.5 Å². The summed E-state index contributed by atoms with van der Waals surface area (Å²) < 4.78 is 4.19. The second-order valence-electron chi connectivity index (χ2n) is 4.58. The van der Waals surface area contributed by atoms with Gasteiger partial charge in [-0.3, -0.25) is 4.68 Å². The molecule has 0 bridgehead atoms. The maximum absolute atomic E-state index is 5.70. The summed E-state index contributed by atoms with van der Waals surface area (Å²) in [7, 11) is 1.97. The van der Waals surface area contributed by atoms with Crippen molar-refractivity contribution in [2.45, 2.75) is 22.7 Å². The second kappa shape index (κ2) is 5.55. The summed E-state index contributed by atoms with van der Waals surface area (Å²) >= 11 is 3.40. The van der Waals surface area contributed by atoms with Crippen LogP contribution in [0, 0.1) is 6.92 Å². The largest absolute Gasteiger partial charge is 0.330 e. The lowest BCUT2D eigenvalue weighted by Crippen LogP contribution is -2.04. The van der Waals surface area contributed by atoms with Gasteiger partial charge in [-0.2, -0.15) is 5.10 Å². The van der Waals surface area contributed by atoms with Crippen molar-refractivity contribution >= 4 is 33.3 Å². The number of hydrogen-bond donors (Lipinski definition) is 1. The SMILES string of the molecule is Cc1nn(C)c(Sc2nc3ccccc3s2)c1CCN. The summed E-state index contributed by atoms with van der Waals surface area (Å²) in [5.41, 5.74) is 9.05. The summed E-state index contributed by atoms with van der Waals surface area (Å²) in [6.07, 6.45) is 0.854. The lowest BCUT2D eigenvalue weighted by molar-refractivity contribution is 0.688. The van der Waals surface area contributed by atoms with Gasteiger partial charge in [-0.15, -0.1) is 11.3 Å². The van der Waals surface area contributed by atoms with Gasteiger partial charge in [0.2, 0.25) is 0 Å². The van der Waals surface area contributed by atoms with Gasteiger partial charge in [0.15, 0.2) is 4.34 Å². The molecule has 3 aromatic rings. The number of aryl methyl sites for hydroxylation is 2. The quantitative estimate of drug-likeness (QED) is 0.805. The van der Waals surface area contributed by atoms with Crippen molar-refractivity contribution in [1.29, 1.82) is 0 Å². The van der Waals surface area contributed by atoms with Crippen LogP contribution in [0.3, 0.4) is 0 Å². The van der Waals surface area contributed by atoms with Crippen LogP contribution in [0.25, 0.3) is 10.2 Å². The maximum Gasteiger partial charge on any atom is 0.157 e. The molecule has 1 aromatic carbocycles. The van der Waals surface area contributed by atoms with E-state index in [1.807, 2.05) is 36.9 Å². The van der Waals surface area contributed by atoms with Gasteiger partial charge >= 0.3 is 0 Å². The van der Waals surface area contributed by atoms with Gasteiger partial charge in [-0.05, 0) is 43.8 Å². The van der Waals surface area contributed by atoms with Crippen molar-refractivity contribution < 1.29 is 0 Å². The Hall–Kier alpha value is -1.37. The Bertz CT molecular complexity index is 712.